The zero-order valence-electron chi connectivity index (χ0n) is 10.6. The summed E-state index contributed by atoms with van der Waals surface area (Å²) in [5, 5.41) is 2.87. The summed E-state index contributed by atoms with van der Waals surface area (Å²) in [4.78, 5) is 4.39. The van der Waals surface area contributed by atoms with E-state index in [2.05, 4.69) is 4.98 Å². The van der Waals surface area contributed by atoms with Gasteiger partial charge in [-0.25, -0.2) is 13.4 Å². The summed E-state index contributed by atoms with van der Waals surface area (Å²) in [7, 11) is -3.20. The van der Waals surface area contributed by atoms with Gasteiger partial charge in [-0.2, -0.15) is 4.31 Å². The number of aromatic nitrogens is 1. The largest absolute Gasteiger partial charge is 0.378 e. The second kappa shape index (κ2) is 5.64. The first-order valence-corrected chi connectivity index (χ1v) is 8.52. The molecular formula is C11H18N2O3S2. The maximum absolute atomic E-state index is 12.2. The van der Waals surface area contributed by atoms with Gasteiger partial charge in [-0.05, 0) is 13.3 Å². The van der Waals surface area contributed by atoms with E-state index in [0.717, 1.165) is 10.7 Å². The van der Waals surface area contributed by atoms with Crippen molar-refractivity contribution in [3.63, 3.8) is 0 Å². The third-order valence-electron chi connectivity index (χ3n) is 2.88. The Hall–Kier alpha value is -0.500. The van der Waals surface area contributed by atoms with Gasteiger partial charge in [0.1, 0.15) is 0 Å². The Morgan fingerprint density at radius 3 is 3.00 bits per heavy atom. The average Bonchev–Trinajstić information content (AvgIpc) is 2.76. The first-order valence-electron chi connectivity index (χ1n) is 6.04. The van der Waals surface area contributed by atoms with E-state index in [1.165, 1.54) is 11.3 Å². The minimum absolute atomic E-state index is 0.187. The van der Waals surface area contributed by atoms with Crippen LogP contribution in [0.4, 0.5) is 0 Å². The van der Waals surface area contributed by atoms with Crippen LogP contribution >= 0.6 is 11.3 Å². The molecule has 0 radical (unpaired) electrons. The van der Waals surface area contributed by atoms with Gasteiger partial charge in [0.2, 0.25) is 10.0 Å². The second-order valence-electron chi connectivity index (χ2n) is 4.31. The third kappa shape index (κ3) is 2.90. The summed E-state index contributed by atoms with van der Waals surface area (Å²) in [5.41, 5.74) is 0.803. The van der Waals surface area contributed by atoms with Crippen molar-refractivity contribution >= 4 is 21.4 Å². The molecule has 0 aliphatic carbocycles. The van der Waals surface area contributed by atoms with Gasteiger partial charge in [0, 0.05) is 11.9 Å². The van der Waals surface area contributed by atoms with Gasteiger partial charge < -0.3 is 4.74 Å². The number of sulfonamides is 1. The van der Waals surface area contributed by atoms with Crippen LogP contribution in [0.5, 0.6) is 0 Å². The summed E-state index contributed by atoms with van der Waals surface area (Å²) < 4.78 is 31.4. The van der Waals surface area contributed by atoms with Crippen molar-refractivity contribution in [2.45, 2.75) is 26.3 Å². The predicted octanol–water partition coefficient (Wildman–Crippen LogP) is 1.56. The van der Waals surface area contributed by atoms with Crippen molar-refractivity contribution in [2.24, 2.45) is 0 Å². The zero-order chi connectivity index (χ0) is 13.2. The van der Waals surface area contributed by atoms with Crippen molar-refractivity contribution in [3.05, 3.63) is 16.1 Å². The molecule has 0 aromatic carbocycles. The molecular weight excluding hydrogens is 272 g/mol. The van der Waals surface area contributed by atoms with Gasteiger partial charge in [-0.15, -0.1) is 11.3 Å². The van der Waals surface area contributed by atoms with Crippen LogP contribution in [0.3, 0.4) is 0 Å². The quantitative estimate of drug-likeness (QED) is 0.844. The van der Waals surface area contributed by atoms with E-state index >= 15 is 0 Å². The molecule has 1 aromatic heterocycles. The number of hydrogen-bond acceptors (Lipinski definition) is 5. The molecule has 7 heteroatoms. The molecule has 0 spiro atoms. The molecule has 0 unspecified atom stereocenters. The summed E-state index contributed by atoms with van der Waals surface area (Å²) in [6.07, 6.45) is 0.627. The molecule has 1 atom stereocenters. The second-order valence-corrected chi connectivity index (χ2v) is 7.41. The zero-order valence-corrected chi connectivity index (χ0v) is 12.3. The van der Waals surface area contributed by atoms with E-state index in [9.17, 15) is 8.42 Å². The molecule has 1 aliphatic heterocycles. The molecule has 2 rings (SSSR count). The fourth-order valence-electron chi connectivity index (χ4n) is 2.06. The molecule has 0 N–H and O–H groups in total. The van der Waals surface area contributed by atoms with Crippen LogP contribution in [0.15, 0.2) is 5.38 Å². The van der Waals surface area contributed by atoms with Crippen LogP contribution in [-0.2, 0) is 14.8 Å². The fraction of sp³-hybridized carbons (Fsp3) is 0.727. The summed E-state index contributed by atoms with van der Waals surface area (Å²) in [6.45, 7) is 5.07. The Balaban J connectivity index is 2.26. The molecule has 5 nitrogen and oxygen atoms in total. The number of aryl methyl sites for hydroxylation is 1. The lowest BCUT2D eigenvalue weighted by Crippen LogP contribution is -2.44. The Kier molecular flexibility index (Phi) is 4.37. The SMILES string of the molecule is CCCS(=O)(=O)N1CCOC[C@H]1c1csc(C)n1. The van der Waals surface area contributed by atoms with Crippen LogP contribution in [0.2, 0.25) is 0 Å². The van der Waals surface area contributed by atoms with Gasteiger partial charge in [0.15, 0.2) is 0 Å². The highest BCUT2D eigenvalue weighted by Crippen LogP contribution is 2.28. The first-order chi connectivity index (χ1) is 8.54. The van der Waals surface area contributed by atoms with Crippen molar-refractivity contribution in [2.75, 3.05) is 25.5 Å². The Labute approximate surface area is 112 Å². The highest BCUT2D eigenvalue weighted by molar-refractivity contribution is 7.89. The van der Waals surface area contributed by atoms with Crippen LogP contribution < -0.4 is 0 Å². The van der Waals surface area contributed by atoms with Crippen LogP contribution in [0.1, 0.15) is 30.1 Å². The fourth-order valence-corrected chi connectivity index (χ4v) is 4.38. The molecule has 102 valence electrons. The van der Waals surface area contributed by atoms with Crippen molar-refractivity contribution < 1.29 is 13.2 Å². The first kappa shape index (κ1) is 13.9. The van der Waals surface area contributed by atoms with Crippen molar-refractivity contribution in [3.8, 4) is 0 Å². The Bertz CT molecular complexity index is 498. The van der Waals surface area contributed by atoms with Gasteiger partial charge in [0.25, 0.3) is 0 Å². The summed E-state index contributed by atoms with van der Waals surface area (Å²) >= 11 is 1.54. The van der Waals surface area contributed by atoms with E-state index in [0.29, 0.717) is 26.2 Å². The van der Waals surface area contributed by atoms with E-state index in [1.54, 1.807) is 4.31 Å². The lowest BCUT2D eigenvalue weighted by Gasteiger charge is -2.33. The van der Waals surface area contributed by atoms with Crippen LogP contribution in [-0.4, -0.2) is 43.2 Å². The maximum Gasteiger partial charge on any atom is 0.214 e. The predicted molar refractivity (Wildman–Crippen MR) is 71.2 cm³/mol. The Morgan fingerprint density at radius 2 is 2.39 bits per heavy atom. The van der Waals surface area contributed by atoms with E-state index in [1.807, 2.05) is 19.2 Å². The number of nitrogens with zero attached hydrogens (tertiary/aromatic N) is 2. The van der Waals surface area contributed by atoms with Crippen LogP contribution in [0.25, 0.3) is 0 Å². The lowest BCUT2D eigenvalue weighted by atomic mass is 10.2. The lowest BCUT2D eigenvalue weighted by molar-refractivity contribution is 0.0308. The molecule has 1 aliphatic rings. The standard InChI is InChI=1S/C11H18N2O3S2/c1-3-6-18(14,15)13-4-5-16-7-11(13)10-8-17-9(2)12-10/h8,11H,3-7H2,1-2H3/t11-/m0/s1. The molecule has 1 aromatic rings. The Morgan fingerprint density at radius 1 is 1.61 bits per heavy atom. The molecule has 0 saturated carbocycles. The van der Waals surface area contributed by atoms with E-state index in [4.69, 9.17) is 4.74 Å². The number of hydrogen-bond donors (Lipinski definition) is 0. The van der Waals surface area contributed by atoms with E-state index in [-0.39, 0.29) is 11.8 Å². The van der Waals surface area contributed by atoms with E-state index < -0.39 is 10.0 Å². The molecule has 1 saturated heterocycles. The smallest absolute Gasteiger partial charge is 0.214 e. The molecule has 1 fully saturated rings. The topological polar surface area (TPSA) is 59.5 Å². The minimum Gasteiger partial charge on any atom is -0.378 e. The monoisotopic (exact) mass is 290 g/mol. The molecule has 2 heterocycles. The summed E-state index contributed by atoms with van der Waals surface area (Å²) in [5.74, 6) is 0.187. The van der Waals surface area contributed by atoms with Crippen molar-refractivity contribution in [1.29, 1.82) is 0 Å². The summed E-state index contributed by atoms with van der Waals surface area (Å²) in [6, 6.07) is -0.264. The average molecular weight is 290 g/mol. The number of thiazole rings is 1. The molecule has 0 bridgehead atoms. The third-order valence-corrected chi connectivity index (χ3v) is 5.74. The van der Waals surface area contributed by atoms with Gasteiger partial charge in [-0.3, -0.25) is 0 Å². The number of rotatable bonds is 4. The normalized spacial score (nSPS) is 22.2. The molecule has 0 amide bonds. The minimum atomic E-state index is -3.20. The van der Waals surface area contributed by atoms with Crippen molar-refractivity contribution in [1.82, 2.24) is 9.29 Å². The van der Waals surface area contributed by atoms with Gasteiger partial charge >= 0.3 is 0 Å². The number of morpholine rings is 1. The number of ether oxygens (including phenoxy) is 1. The van der Waals surface area contributed by atoms with Gasteiger partial charge in [-0.1, -0.05) is 6.92 Å². The highest BCUT2D eigenvalue weighted by Gasteiger charge is 2.34. The van der Waals surface area contributed by atoms with Gasteiger partial charge in [0.05, 0.1) is 35.7 Å². The molecule has 18 heavy (non-hydrogen) atoms. The van der Waals surface area contributed by atoms with Crippen LogP contribution in [0, 0.1) is 6.92 Å². The maximum atomic E-state index is 12.2. The highest BCUT2D eigenvalue weighted by atomic mass is 32.2.